The molecule has 2 rings (SSSR count). The molecule has 10 heavy (non-hydrogen) atoms. The molecule has 2 aromatic heterocycles. The number of aromatic nitrogens is 3. The highest BCUT2D eigenvalue weighted by Crippen LogP contribution is 2.05. The smallest absolute Gasteiger partial charge is 0.158 e. The Kier molecular flexibility index (Phi) is 0.974. The third-order valence-electron chi connectivity index (χ3n) is 1.50. The van der Waals surface area contributed by atoms with Crippen LogP contribution in [0.25, 0.3) is 11.2 Å². The minimum Gasteiger partial charge on any atom is -0.334 e. The van der Waals surface area contributed by atoms with Crippen molar-refractivity contribution >= 4 is 11.2 Å². The van der Waals surface area contributed by atoms with E-state index in [4.69, 9.17) is 0 Å². The van der Waals surface area contributed by atoms with Gasteiger partial charge in [-0.2, -0.15) is 0 Å². The fourth-order valence-corrected chi connectivity index (χ4v) is 0.984. The first-order chi connectivity index (χ1) is 4.88. The summed E-state index contributed by atoms with van der Waals surface area (Å²) in [4.78, 5) is 8.26. The molecule has 0 fully saturated rings. The molecule has 3 heteroatoms. The molecular formula is C7H7N3. The lowest BCUT2D eigenvalue weighted by molar-refractivity contribution is 0.946. The largest absolute Gasteiger partial charge is 0.334 e. The molecule has 0 saturated carbocycles. The van der Waals surface area contributed by atoms with Gasteiger partial charge in [0, 0.05) is 25.6 Å². The summed E-state index contributed by atoms with van der Waals surface area (Å²) in [6.45, 7) is 0. The zero-order valence-corrected chi connectivity index (χ0v) is 5.65. The van der Waals surface area contributed by atoms with Gasteiger partial charge in [0.15, 0.2) is 5.65 Å². The van der Waals surface area contributed by atoms with Gasteiger partial charge in [0.05, 0.1) is 0 Å². The van der Waals surface area contributed by atoms with E-state index in [2.05, 4.69) is 9.97 Å². The summed E-state index contributed by atoms with van der Waals surface area (Å²) in [6, 6.07) is 1.95. The predicted molar refractivity (Wildman–Crippen MR) is 38.5 cm³/mol. The van der Waals surface area contributed by atoms with Crippen LogP contribution in [-0.2, 0) is 7.05 Å². The average molecular weight is 133 g/mol. The highest BCUT2D eigenvalue weighted by Gasteiger charge is 1.95. The quantitative estimate of drug-likeness (QED) is 0.536. The Labute approximate surface area is 58.3 Å². The molecule has 3 nitrogen and oxygen atoms in total. The Morgan fingerprint density at radius 2 is 2.10 bits per heavy atom. The minimum atomic E-state index is 0.933. The van der Waals surface area contributed by atoms with Gasteiger partial charge in [-0.15, -0.1) is 0 Å². The monoisotopic (exact) mass is 133 g/mol. The van der Waals surface area contributed by atoms with Crippen LogP contribution in [0.15, 0.2) is 24.7 Å². The van der Waals surface area contributed by atoms with Crippen LogP contribution in [0.4, 0.5) is 0 Å². The topological polar surface area (TPSA) is 30.7 Å². The molecule has 2 aromatic rings. The summed E-state index contributed by atoms with van der Waals surface area (Å²) in [7, 11) is 1.96. The summed E-state index contributed by atoms with van der Waals surface area (Å²) in [6.07, 6.45) is 5.34. The van der Waals surface area contributed by atoms with Crippen molar-refractivity contribution in [3.8, 4) is 0 Å². The summed E-state index contributed by atoms with van der Waals surface area (Å²) in [5, 5.41) is 0. The Morgan fingerprint density at radius 1 is 1.30 bits per heavy atom. The SMILES string of the molecule is Cn1ccc2nccnc21. The van der Waals surface area contributed by atoms with Crippen LogP contribution >= 0.6 is 0 Å². The van der Waals surface area contributed by atoms with Crippen molar-refractivity contribution in [2.75, 3.05) is 0 Å². The molecule has 0 aliphatic rings. The lowest BCUT2D eigenvalue weighted by Gasteiger charge is -1.90. The zero-order chi connectivity index (χ0) is 6.97. The van der Waals surface area contributed by atoms with E-state index < -0.39 is 0 Å². The maximum atomic E-state index is 4.14. The number of hydrogen-bond donors (Lipinski definition) is 0. The Balaban J connectivity index is 2.93. The lowest BCUT2D eigenvalue weighted by atomic mass is 10.5. The second kappa shape index (κ2) is 1.80. The molecule has 0 N–H and O–H groups in total. The number of fused-ring (bicyclic) bond motifs is 1. The molecule has 0 amide bonds. The van der Waals surface area contributed by atoms with Gasteiger partial charge in [0.25, 0.3) is 0 Å². The van der Waals surface area contributed by atoms with Crippen LogP contribution in [0.1, 0.15) is 0 Å². The number of aryl methyl sites for hydroxylation is 1. The van der Waals surface area contributed by atoms with E-state index in [1.807, 2.05) is 23.9 Å². The molecule has 50 valence electrons. The first-order valence-corrected chi connectivity index (χ1v) is 3.10. The van der Waals surface area contributed by atoms with Crippen LogP contribution in [0, 0.1) is 0 Å². The fourth-order valence-electron chi connectivity index (χ4n) is 0.984. The Bertz CT molecular complexity index is 350. The third-order valence-corrected chi connectivity index (χ3v) is 1.50. The lowest BCUT2D eigenvalue weighted by Crippen LogP contribution is -1.87. The molecular weight excluding hydrogens is 126 g/mol. The summed E-state index contributed by atoms with van der Waals surface area (Å²) >= 11 is 0. The van der Waals surface area contributed by atoms with Gasteiger partial charge in [0.1, 0.15) is 5.52 Å². The highest BCUT2D eigenvalue weighted by molar-refractivity contribution is 5.70. The van der Waals surface area contributed by atoms with Gasteiger partial charge in [0.2, 0.25) is 0 Å². The molecule has 0 aliphatic carbocycles. The minimum absolute atomic E-state index is 0.933. The maximum absolute atomic E-state index is 4.14. The Morgan fingerprint density at radius 3 is 2.90 bits per heavy atom. The molecule has 0 radical (unpaired) electrons. The van der Waals surface area contributed by atoms with E-state index in [1.54, 1.807) is 12.4 Å². The first kappa shape index (κ1) is 5.41. The third kappa shape index (κ3) is 0.603. The van der Waals surface area contributed by atoms with Crippen molar-refractivity contribution in [1.82, 2.24) is 14.5 Å². The molecule has 0 atom stereocenters. The normalized spacial score (nSPS) is 10.5. The predicted octanol–water partition coefficient (Wildman–Crippen LogP) is 0.968. The van der Waals surface area contributed by atoms with Gasteiger partial charge >= 0.3 is 0 Å². The van der Waals surface area contributed by atoms with Crippen LogP contribution in [-0.4, -0.2) is 14.5 Å². The summed E-state index contributed by atoms with van der Waals surface area (Å²) < 4.78 is 1.95. The van der Waals surface area contributed by atoms with Crippen LogP contribution in [0.3, 0.4) is 0 Å². The van der Waals surface area contributed by atoms with Crippen molar-refractivity contribution < 1.29 is 0 Å². The molecule has 0 spiro atoms. The fraction of sp³-hybridized carbons (Fsp3) is 0.143. The van der Waals surface area contributed by atoms with Crippen molar-refractivity contribution in [3.63, 3.8) is 0 Å². The molecule has 0 saturated heterocycles. The maximum Gasteiger partial charge on any atom is 0.158 e. The van der Waals surface area contributed by atoms with E-state index >= 15 is 0 Å². The molecule has 0 bridgehead atoms. The van der Waals surface area contributed by atoms with Gasteiger partial charge in [-0.05, 0) is 6.07 Å². The van der Waals surface area contributed by atoms with Crippen molar-refractivity contribution in [3.05, 3.63) is 24.7 Å². The van der Waals surface area contributed by atoms with E-state index in [0.29, 0.717) is 0 Å². The number of nitrogens with zero attached hydrogens (tertiary/aromatic N) is 3. The molecule has 2 heterocycles. The Hall–Kier alpha value is -1.38. The van der Waals surface area contributed by atoms with E-state index in [0.717, 1.165) is 11.2 Å². The van der Waals surface area contributed by atoms with Crippen LogP contribution in [0.2, 0.25) is 0 Å². The van der Waals surface area contributed by atoms with E-state index in [9.17, 15) is 0 Å². The van der Waals surface area contributed by atoms with Crippen molar-refractivity contribution in [2.45, 2.75) is 0 Å². The second-order valence-electron chi connectivity index (χ2n) is 2.19. The molecule has 0 aliphatic heterocycles. The van der Waals surface area contributed by atoms with Gasteiger partial charge in [-0.25, -0.2) is 4.98 Å². The van der Waals surface area contributed by atoms with Crippen molar-refractivity contribution in [2.24, 2.45) is 7.05 Å². The molecule has 0 unspecified atom stereocenters. The van der Waals surface area contributed by atoms with Crippen LogP contribution < -0.4 is 0 Å². The number of rotatable bonds is 0. The van der Waals surface area contributed by atoms with Gasteiger partial charge < -0.3 is 4.57 Å². The van der Waals surface area contributed by atoms with Crippen LogP contribution in [0.5, 0.6) is 0 Å². The summed E-state index contributed by atoms with van der Waals surface area (Å²) in [5.41, 5.74) is 1.88. The second-order valence-corrected chi connectivity index (χ2v) is 2.19. The number of hydrogen-bond acceptors (Lipinski definition) is 2. The highest BCUT2D eigenvalue weighted by atomic mass is 15.0. The zero-order valence-electron chi connectivity index (χ0n) is 5.65. The standard InChI is InChI=1S/C7H7N3/c1-10-5-2-6-7(10)9-4-3-8-6/h2-5H,1H3. The van der Waals surface area contributed by atoms with Gasteiger partial charge in [-0.3, -0.25) is 4.98 Å². The van der Waals surface area contributed by atoms with E-state index in [1.165, 1.54) is 0 Å². The first-order valence-electron chi connectivity index (χ1n) is 3.10. The average Bonchev–Trinajstić information content (AvgIpc) is 2.34. The van der Waals surface area contributed by atoms with Crippen molar-refractivity contribution in [1.29, 1.82) is 0 Å². The van der Waals surface area contributed by atoms with E-state index in [-0.39, 0.29) is 0 Å². The summed E-state index contributed by atoms with van der Waals surface area (Å²) in [5.74, 6) is 0. The molecule has 0 aromatic carbocycles. The van der Waals surface area contributed by atoms with Gasteiger partial charge in [-0.1, -0.05) is 0 Å².